The van der Waals surface area contributed by atoms with Gasteiger partial charge in [0.1, 0.15) is 0 Å². The van der Waals surface area contributed by atoms with E-state index in [9.17, 15) is 24.0 Å². The van der Waals surface area contributed by atoms with Gasteiger partial charge >= 0.3 is 6.09 Å². The van der Waals surface area contributed by atoms with Crippen LogP contribution in [-0.2, 0) is 36.8 Å². The second-order valence-electron chi connectivity index (χ2n) is 13.9. The molecule has 1 saturated heterocycles. The van der Waals surface area contributed by atoms with Crippen molar-refractivity contribution in [2.45, 2.75) is 96.2 Å². The zero-order chi connectivity index (χ0) is 36.5. The minimum absolute atomic E-state index is 0.00829. The monoisotopic (exact) mass is 691 g/mol. The van der Waals surface area contributed by atoms with E-state index in [2.05, 4.69) is 10.6 Å². The molecule has 0 aliphatic carbocycles. The summed E-state index contributed by atoms with van der Waals surface area (Å²) in [6, 6.07) is 17.4. The van der Waals surface area contributed by atoms with Crippen LogP contribution >= 0.6 is 0 Å². The summed E-state index contributed by atoms with van der Waals surface area (Å²) in [7, 11) is 1.32. The largest absolute Gasteiger partial charge is 0.453 e. The number of amides is 3. The van der Waals surface area contributed by atoms with Crippen LogP contribution in [0.25, 0.3) is 0 Å². The first-order valence-corrected chi connectivity index (χ1v) is 18.0. The molecule has 1 aliphatic rings. The van der Waals surface area contributed by atoms with Crippen LogP contribution in [0.2, 0.25) is 0 Å². The van der Waals surface area contributed by atoms with Crippen molar-refractivity contribution in [1.29, 1.82) is 0 Å². The maximum absolute atomic E-state index is 14.0. The number of hydrogen-bond acceptors (Lipinski definition) is 8. The average molecular weight is 692 g/mol. The molecule has 3 rings (SSSR count). The highest BCUT2D eigenvalue weighted by molar-refractivity contribution is 5.94. The lowest BCUT2D eigenvalue weighted by Gasteiger charge is -2.34. The van der Waals surface area contributed by atoms with E-state index in [0.717, 1.165) is 17.5 Å². The van der Waals surface area contributed by atoms with Gasteiger partial charge in [-0.3, -0.25) is 19.2 Å². The van der Waals surface area contributed by atoms with Crippen LogP contribution in [0.5, 0.6) is 0 Å². The quantitative estimate of drug-likeness (QED) is 0.151. The molecular weight excluding hydrogens is 634 g/mol. The summed E-state index contributed by atoms with van der Waals surface area (Å²) in [6.07, 6.45) is 3.65. The lowest BCUT2D eigenvalue weighted by molar-refractivity contribution is -0.140. The Bertz CT molecular complexity index is 1360. The summed E-state index contributed by atoms with van der Waals surface area (Å²) in [5.74, 6) is -2.08. The Hall–Kier alpha value is -4.09. The van der Waals surface area contributed by atoms with E-state index in [-0.39, 0.29) is 48.2 Å². The number of carbonyl (C=O) groups is 5. The van der Waals surface area contributed by atoms with Gasteiger partial charge in [-0.15, -0.1) is 0 Å². The number of alkyl carbamates (subject to hydrolysis) is 1. The second-order valence-corrected chi connectivity index (χ2v) is 13.9. The summed E-state index contributed by atoms with van der Waals surface area (Å²) in [5, 5.41) is 5.80. The Morgan fingerprint density at radius 2 is 1.42 bits per heavy atom. The number of benzene rings is 2. The minimum atomic E-state index is -0.811. The number of piperidine rings is 1. The number of nitrogens with zero attached hydrogens (tertiary/aromatic N) is 1. The Morgan fingerprint density at radius 1 is 0.840 bits per heavy atom. The van der Waals surface area contributed by atoms with E-state index in [1.807, 2.05) is 74.5 Å². The summed E-state index contributed by atoms with van der Waals surface area (Å²) in [6.45, 7) is 5.38. The first-order chi connectivity index (χ1) is 24.0. The van der Waals surface area contributed by atoms with Gasteiger partial charge in [-0.1, -0.05) is 80.9 Å². The van der Waals surface area contributed by atoms with Crippen molar-refractivity contribution in [3.63, 3.8) is 0 Å². The maximum Gasteiger partial charge on any atom is 0.407 e. The van der Waals surface area contributed by atoms with Crippen LogP contribution < -0.4 is 22.1 Å². The number of Topliss-reactive ketones (excluding diaryl/α,β-unsaturated/α-hetero) is 2. The molecule has 0 spiro atoms. The fourth-order valence-electron chi connectivity index (χ4n) is 6.53. The van der Waals surface area contributed by atoms with Crippen molar-refractivity contribution >= 4 is 29.5 Å². The molecule has 0 saturated carbocycles. The smallest absolute Gasteiger partial charge is 0.407 e. The molecule has 3 amide bonds. The molecule has 6 N–H and O–H groups in total. The molecule has 1 aliphatic heterocycles. The van der Waals surface area contributed by atoms with E-state index in [1.165, 1.54) is 7.11 Å². The van der Waals surface area contributed by atoms with Crippen LogP contribution in [0.15, 0.2) is 60.7 Å². The Balaban J connectivity index is 1.74. The van der Waals surface area contributed by atoms with E-state index in [1.54, 1.807) is 4.90 Å². The van der Waals surface area contributed by atoms with Gasteiger partial charge in [-0.2, -0.15) is 0 Å². The molecule has 274 valence electrons. The number of nitrogens with two attached hydrogens (primary N) is 2. The highest BCUT2D eigenvalue weighted by Crippen LogP contribution is 2.23. The molecular formula is C39H57N5O6. The molecule has 0 unspecified atom stereocenters. The summed E-state index contributed by atoms with van der Waals surface area (Å²) in [4.78, 5) is 68.6. The van der Waals surface area contributed by atoms with E-state index < -0.39 is 30.0 Å². The fraction of sp³-hybridized carbons (Fsp3) is 0.564. The van der Waals surface area contributed by atoms with Crippen molar-refractivity contribution in [3.8, 4) is 0 Å². The lowest BCUT2D eigenvalue weighted by Crippen LogP contribution is -2.49. The fourth-order valence-corrected chi connectivity index (χ4v) is 6.53. The molecule has 11 heteroatoms. The molecule has 50 heavy (non-hydrogen) atoms. The Kier molecular flexibility index (Phi) is 17.1. The standard InChI is InChI=1S/C39H57N5O6/c1-27(2)22-34(36(46)25-30(16-10-11-19-40)38(48)44-20-17-32(18-21-44)42-39(49)50-3)43-37(47)31(23-28-12-6-4-7-13-28)26-35(45)33(41)24-29-14-8-5-9-15-29/h4-9,12-15,27,30-34H,10-11,16-26,40-41H2,1-3H3,(H,42,49)(H,43,47)/t30-,31-,33+,34+/m0/s1. The second kappa shape index (κ2) is 21.2. The number of unbranched alkanes of at least 4 members (excludes halogenated alkanes) is 1. The zero-order valence-corrected chi connectivity index (χ0v) is 30.0. The van der Waals surface area contributed by atoms with Crippen molar-refractivity contribution in [3.05, 3.63) is 71.8 Å². The van der Waals surface area contributed by atoms with Gasteiger partial charge in [-0.05, 0) is 68.5 Å². The van der Waals surface area contributed by atoms with Crippen LogP contribution in [0.1, 0.15) is 76.3 Å². The van der Waals surface area contributed by atoms with Gasteiger partial charge in [0.25, 0.3) is 0 Å². The van der Waals surface area contributed by atoms with Crippen LogP contribution in [0, 0.1) is 17.8 Å². The molecule has 1 fully saturated rings. The first kappa shape index (κ1) is 40.3. The van der Waals surface area contributed by atoms with Crippen molar-refractivity contribution in [2.24, 2.45) is 29.2 Å². The molecule has 1 heterocycles. The molecule has 11 nitrogen and oxygen atoms in total. The van der Waals surface area contributed by atoms with E-state index in [0.29, 0.717) is 64.6 Å². The number of nitrogens with one attached hydrogen (secondary N) is 2. The van der Waals surface area contributed by atoms with Gasteiger partial charge in [0.05, 0.1) is 19.2 Å². The third kappa shape index (κ3) is 13.7. The number of carbonyl (C=O) groups excluding carboxylic acids is 5. The topological polar surface area (TPSA) is 174 Å². The van der Waals surface area contributed by atoms with Gasteiger partial charge in [0.2, 0.25) is 11.8 Å². The normalized spacial score (nSPS) is 15.8. The summed E-state index contributed by atoms with van der Waals surface area (Å²) >= 11 is 0. The zero-order valence-electron chi connectivity index (χ0n) is 30.0. The molecule has 4 atom stereocenters. The summed E-state index contributed by atoms with van der Waals surface area (Å²) < 4.78 is 4.71. The van der Waals surface area contributed by atoms with Crippen molar-refractivity contribution < 1.29 is 28.7 Å². The summed E-state index contributed by atoms with van der Waals surface area (Å²) in [5.41, 5.74) is 13.9. The number of ketones is 2. The number of rotatable bonds is 20. The number of likely N-dealkylation sites (tertiary alicyclic amines) is 1. The number of methoxy groups -OCH3 is 1. The van der Waals surface area contributed by atoms with Crippen LogP contribution in [0.3, 0.4) is 0 Å². The van der Waals surface area contributed by atoms with Crippen LogP contribution in [0.4, 0.5) is 4.79 Å². The predicted molar refractivity (Wildman–Crippen MR) is 194 cm³/mol. The first-order valence-electron chi connectivity index (χ1n) is 18.0. The number of hydrogen-bond donors (Lipinski definition) is 4. The average Bonchev–Trinajstić information content (AvgIpc) is 3.11. The molecule has 0 radical (unpaired) electrons. The molecule has 2 aromatic carbocycles. The molecule has 0 bridgehead atoms. The molecule has 2 aromatic rings. The Morgan fingerprint density at radius 3 is 1.98 bits per heavy atom. The Labute approximate surface area is 297 Å². The van der Waals surface area contributed by atoms with Crippen molar-refractivity contribution in [2.75, 3.05) is 26.7 Å². The maximum atomic E-state index is 14.0. The van der Waals surface area contributed by atoms with Gasteiger partial charge < -0.3 is 31.7 Å². The van der Waals surface area contributed by atoms with Gasteiger partial charge in [0.15, 0.2) is 11.6 Å². The predicted octanol–water partition coefficient (Wildman–Crippen LogP) is 3.96. The third-order valence-electron chi connectivity index (χ3n) is 9.39. The van der Waals surface area contributed by atoms with Gasteiger partial charge in [0, 0.05) is 43.8 Å². The number of ether oxygens (including phenoxy) is 1. The minimum Gasteiger partial charge on any atom is -0.453 e. The highest BCUT2D eigenvalue weighted by Gasteiger charge is 2.34. The van der Waals surface area contributed by atoms with Gasteiger partial charge in [-0.25, -0.2) is 4.79 Å². The van der Waals surface area contributed by atoms with E-state index >= 15 is 0 Å². The SMILES string of the molecule is COC(=O)NC1CCN(C(=O)[C@@H](CCCCN)CC(=O)[C@@H](CC(C)C)NC(=O)[C@H](CC(=O)[C@H](N)Cc2ccccc2)Cc2ccccc2)CC1. The van der Waals surface area contributed by atoms with Crippen molar-refractivity contribution in [1.82, 2.24) is 15.5 Å². The molecule has 0 aromatic heterocycles. The van der Waals surface area contributed by atoms with E-state index in [4.69, 9.17) is 16.2 Å². The highest BCUT2D eigenvalue weighted by atomic mass is 16.5. The van der Waals surface area contributed by atoms with Crippen LogP contribution in [-0.4, -0.2) is 79.2 Å². The third-order valence-corrected chi connectivity index (χ3v) is 9.39. The lowest BCUT2D eigenvalue weighted by atomic mass is 9.87.